The predicted octanol–water partition coefficient (Wildman–Crippen LogP) is 0.383. The van der Waals surface area contributed by atoms with Gasteiger partial charge in [0.05, 0.1) is 6.61 Å². The van der Waals surface area contributed by atoms with Crippen molar-refractivity contribution in [2.45, 2.75) is 6.92 Å². The minimum atomic E-state index is 0.193. The van der Waals surface area contributed by atoms with E-state index in [1.807, 2.05) is 13.0 Å². The summed E-state index contributed by atoms with van der Waals surface area (Å²) in [6.07, 6.45) is 1.25. The maximum atomic E-state index is 8.61. The lowest BCUT2D eigenvalue weighted by Crippen LogP contribution is -1.91. The summed E-state index contributed by atoms with van der Waals surface area (Å²) in [7, 11) is 1.63. The number of hydrogen-bond donors (Lipinski definition) is 0. The topological polar surface area (TPSA) is 76.1 Å². The summed E-state index contributed by atoms with van der Waals surface area (Å²) in [5.74, 6) is 0.276. The smallest absolute Gasteiger partial charge is 0.215 e. The Morgan fingerprint density at radius 2 is 2.46 bits per heavy atom. The molecule has 6 heteroatoms. The minimum absolute atomic E-state index is 0.193. The summed E-state index contributed by atoms with van der Waals surface area (Å²) >= 11 is 0. The monoisotopic (exact) mass is 179 g/mol. The molecule has 0 spiro atoms. The van der Waals surface area contributed by atoms with E-state index in [-0.39, 0.29) is 11.5 Å². The first-order valence-corrected chi connectivity index (χ1v) is 3.73. The van der Waals surface area contributed by atoms with Gasteiger partial charge < -0.3 is 4.74 Å². The third-order valence-electron chi connectivity index (χ3n) is 1.22. The third-order valence-corrected chi connectivity index (χ3v) is 1.22. The van der Waals surface area contributed by atoms with Gasteiger partial charge >= 0.3 is 0 Å². The van der Waals surface area contributed by atoms with Crippen molar-refractivity contribution in [1.29, 1.82) is 5.26 Å². The molecule has 0 unspecified atom stereocenters. The molecule has 1 rings (SSSR count). The van der Waals surface area contributed by atoms with Crippen molar-refractivity contribution in [3.8, 4) is 6.07 Å². The minimum Gasteiger partial charge on any atom is -0.483 e. The average molecular weight is 179 g/mol. The zero-order valence-corrected chi connectivity index (χ0v) is 7.43. The first kappa shape index (κ1) is 9.19. The van der Waals surface area contributed by atoms with E-state index in [1.54, 1.807) is 7.05 Å². The Morgan fingerprint density at radius 1 is 1.69 bits per heavy atom. The SMILES string of the molecule is CCOC=Nc1nn(C)nc1C#N. The van der Waals surface area contributed by atoms with Gasteiger partial charge in [-0.15, -0.1) is 10.2 Å². The highest BCUT2D eigenvalue weighted by Gasteiger charge is 2.05. The van der Waals surface area contributed by atoms with Crippen molar-refractivity contribution in [3.63, 3.8) is 0 Å². The van der Waals surface area contributed by atoms with Crippen LogP contribution >= 0.6 is 0 Å². The van der Waals surface area contributed by atoms with Gasteiger partial charge in [-0.2, -0.15) is 15.1 Å². The summed E-state index contributed by atoms with van der Waals surface area (Å²) in [5.41, 5.74) is 0.193. The molecule has 0 fully saturated rings. The fourth-order valence-corrected chi connectivity index (χ4v) is 0.717. The van der Waals surface area contributed by atoms with Crippen molar-refractivity contribution >= 4 is 12.2 Å². The van der Waals surface area contributed by atoms with Crippen LogP contribution in [0.2, 0.25) is 0 Å². The number of aliphatic imine (C=N–C) groups is 1. The molecule has 0 N–H and O–H groups in total. The van der Waals surface area contributed by atoms with Gasteiger partial charge in [0, 0.05) is 7.05 Å². The molecule has 1 heterocycles. The number of ether oxygens (including phenoxy) is 1. The number of hydrogen-bond acceptors (Lipinski definition) is 5. The summed E-state index contributed by atoms with van der Waals surface area (Å²) in [4.78, 5) is 5.11. The van der Waals surface area contributed by atoms with E-state index in [0.717, 1.165) is 0 Å². The highest BCUT2D eigenvalue weighted by atomic mass is 16.5. The lowest BCUT2D eigenvalue weighted by molar-refractivity contribution is 0.344. The molecule has 0 radical (unpaired) electrons. The lowest BCUT2D eigenvalue weighted by Gasteiger charge is -1.88. The third kappa shape index (κ3) is 2.27. The molecule has 0 bridgehead atoms. The molecule has 0 aliphatic heterocycles. The predicted molar refractivity (Wildman–Crippen MR) is 45.5 cm³/mol. The van der Waals surface area contributed by atoms with Gasteiger partial charge in [-0.25, -0.2) is 0 Å². The van der Waals surface area contributed by atoms with Gasteiger partial charge in [-0.3, -0.25) is 0 Å². The molecule has 13 heavy (non-hydrogen) atoms. The Kier molecular flexibility index (Phi) is 2.97. The van der Waals surface area contributed by atoms with Gasteiger partial charge in [0.1, 0.15) is 6.07 Å². The quantitative estimate of drug-likeness (QED) is 0.496. The molecule has 0 saturated carbocycles. The molecule has 0 aromatic carbocycles. The van der Waals surface area contributed by atoms with E-state index >= 15 is 0 Å². The summed E-state index contributed by atoms with van der Waals surface area (Å²) in [6.45, 7) is 2.37. The molecule has 6 nitrogen and oxygen atoms in total. The Bertz CT molecular complexity index is 348. The van der Waals surface area contributed by atoms with Gasteiger partial charge in [-0.1, -0.05) is 0 Å². The van der Waals surface area contributed by atoms with E-state index in [0.29, 0.717) is 6.61 Å². The molecule has 1 aromatic heterocycles. The van der Waals surface area contributed by atoms with Crippen LogP contribution in [0.1, 0.15) is 12.6 Å². The van der Waals surface area contributed by atoms with Crippen LogP contribution in [-0.2, 0) is 11.8 Å². The van der Waals surface area contributed by atoms with E-state index in [9.17, 15) is 0 Å². The Labute approximate surface area is 75.5 Å². The van der Waals surface area contributed by atoms with Crippen LogP contribution in [0, 0.1) is 11.3 Å². The van der Waals surface area contributed by atoms with E-state index < -0.39 is 0 Å². The molecule has 1 aromatic rings. The lowest BCUT2D eigenvalue weighted by atomic mass is 10.5. The molecule has 68 valence electrons. The summed E-state index contributed by atoms with van der Waals surface area (Å²) < 4.78 is 4.87. The molecule has 0 aliphatic rings. The van der Waals surface area contributed by atoms with Crippen molar-refractivity contribution in [2.24, 2.45) is 12.0 Å². The number of rotatable bonds is 3. The van der Waals surface area contributed by atoms with Crippen LogP contribution < -0.4 is 0 Å². The number of nitriles is 1. The summed E-state index contributed by atoms with van der Waals surface area (Å²) in [5, 5.41) is 16.2. The molecular formula is C7H9N5O. The van der Waals surface area contributed by atoms with E-state index in [2.05, 4.69) is 15.2 Å². The second-order valence-electron chi connectivity index (χ2n) is 2.16. The average Bonchev–Trinajstić information content (AvgIpc) is 2.47. The van der Waals surface area contributed by atoms with Crippen LogP contribution in [0.25, 0.3) is 0 Å². The number of aromatic nitrogens is 3. The molecule has 0 aliphatic carbocycles. The Balaban J connectivity index is 2.82. The maximum absolute atomic E-state index is 8.61. The van der Waals surface area contributed by atoms with Crippen molar-refractivity contribution < 1.29 is 4.74 Å². The molecule has 0 amide bonds. The Morgan fingerprint density at radius 3 is 3.08 bits per heavy atom. The Hall–Kier alpha value is -1.90. The highest BCUT2D eigenvalue weighted by Crippen LogP contribution is 2.10. The van der Waals surface area contributed by atoms with Gasteiger partial charge in [0.15, 0.2) is 6.40 Å². The van der Waals surface area contributed by atoms with Crippen molar-refractivity contribution in [3.05, 3.63) is 5.69 Å². The van der Waals surface area contributed by atoms with Gasteiger partial charge in [0.25, 0.3) is 0 Å². The first-order chi connectivity index (χ1) is 6.27. The molecule has 0 saturated heterocycles. The van der Waals surface area contributed by atoms with Gasteiger partial charge in [-0.05, 0) is 6.92 Å². The second kappa shape index (κ2) is 4.21. The van der Waals surface area contributed by atoms with Crippen LogP contribution in [0.5, 0.6) is 0 Å². The van der Waals surface area contributed by atoms with Crippen LogP contribution in [-0.4, -0.2) is 28.0 Å². The zero-order valence-electron chi connectivity index (χ0n) is 7.43. The van der Waals surface area contributed by atoms with E-state index in [4.69, 9.17) is 10.00 Å². The van der Waals surface area contributed by atoms with Crippen LogP contribution in [0.4, 0.5) is 5.82 Å². The fraction of sp³-hybridized carbons (Fsp3) is 0.429. The first-order valence-electron chi connectivity index (χ1n) is 3.73. The summed E-state index contributed by atoms with van der Waals surface area (Å²) in [6, 6.07) is 1.88. The van der Waals surface area contributed by atoms with Gasteiger partial charge in [0.2, 0.25) is 11.5 Å². The van der Waals surface area contributed by atoms with Crippen molar-refractivity contribution in [1.82, 2.24) is 15.0 Å². The van der Waals surface area contributed by atoms with Crippen LogP contribution in [0.3, 0.4) is 0 Å². The fourth-order valence-electron chi connectivity index (χ4n) is 0.717. The van der Waals surface area contributed by atoms with Crippen LogP contribution in [0.15, 0.2) is 4.99 Å². The number of nitrogens with zero attached hydrogens (tertiary/aromatic N) is 5. The molecular weight excluding hydrogens is 170 g/mol. The highest BCUT2D eigenvalue weighted by molar-refractivity contribution is 5.56. The second-order valence-corrected chi connectivity index (χ2v) is 2.16. The number of aryl methyl sites for hydroxylation is 1. The zero-order chi connectivity index (χ0) is 9.68. The van der Waals surface area contributed by atoms with E-state index in [1.165, 1.54) is 11.2 Å². The normalized spacial score (nSPS) is 10.2. The maximum Gasteiger partial charge on any atom is 0.215 e. The molecule has 0 atom stereocenters. The standard InChI is InChI=1S/C7H9N5O/c1-3-13-5-9-7-6(4-8)10-12(2)11-7/h5H,3H2,1-2H3. The van der Waals surface area contributed by atoms with Crippen molar-refractivity contribution in [2.75, 3.05) is 6.61 Å². The largest absolute Gasteiger partial charge is 0.483 e.